The van der Waals surface area contributed by atoms with Crippen molar-refractivity contribution in [2.24, 2.45) is 5.73 Å². The van der Waals surface area contributed by atoms with Crippen molar-refractivity contribution < 1.29 is 4.74 Å². The number of hydrogen-bond donors (Lipinski definition) is 1. The van der Waals surface area contributed by atoms with Gasteiger partial charge in [0.15, 0.2) is 0 Å². The third kappa shape index (κ3) is 1.69. The average molecular weight is 221 g/mol. The van der Waals surface area contributed by atoms with Crippen LogP contribution in [0.2, 0.25) is 0 Å². The van der Waals surface area contributed by atoms with Crippen LogP contribution in [0, 0.1) is 0 Å². The number of nitrogens with two attached hydrogens (primary N) is 1. The monoisotopic (exact) mass is 221 g/mol. The summed E-state index contributed by atoms with van der Waals surface area (Å²) in [5.41, 5.74) is 9.03. The van der Waals surface area contributed by atoms with Crippen LogP contribution in [0.3, 0.4) is 0 Å². The van der Waals surface area contributed by atoms with E-state index in [-0.39, 0.29) is 6.04 Å². The third-order valence-corrected chi connectivity index (χ3v) is 4.68. The Morgan fingerprint density at radius 2 is 2.07 bits per heavy atom. The molecule has 1 aliphatic carbocycles. The number of hydrogen-bond acceptors (Lipinski definition) is 3. The number of fused-ring (bicyclic) bond motifs is 1. The van der Waals surface area contributed by atoms with Gasteiger partial charge in [0.1, 0.15) is 0 Å². The van der Waals surface area contributed by atoms with Crippen molar-refractivity contribution in [2.45, 2.75) is 23.0 Å². The molecule has 1 saturated heterocycles. The summed E-state index contributed by atoms with van der Waals surface area (Å²) in [6.07, 6.45) is 1.12. The molecule has 1 aromatic rings. The first-order valence-corrected chi connectivity index (χ1v) is 6.35. The predicted molar refractivity (Wildman–Crippen MR) is 63.1 cm³/mol. The molecule has 15 heavy (non-hydrogen) atoms. The summed E-state index contributed by atoms with van der Waals surface area (Å²) in [7, 11) is 0. The van der Waals surface area contributed by atoms with Crippen molar-refractivity contribution in [1.82, 2.24) is 0 Å². The standard InChI is InChI=1S/C12H15NOS/c13-12-10-4-2-1-3-8(10)5-11(12)15-9-6-14-7-9/h1-4,9,11-12H,5-7,13H2. The van der Waals surface area contributed by atoms with E-state index in [1.54, 1.807) is 0 Å². The van der Waals surface area contributed by atoms with E-state index in [2.05, 4.69) is 24.3 Å². The summed E-state index contributed by atoms with van der Waals surface area (Å²) in [6, 6.07) is 8.76. The zero-order valence-electron chi connectivity index (χ0n) is 8.56. The molecular weight excluding hydrogens is 206 g/mol. The molecule has 2 nitrogen and oxygen atoms in total. The van der Waals surface area contributed by atoms with Crippen molar-refractivity contribution >= 4 is 11.8 Å². The number of ether oxygens (including phenoxy) is 1. The van der Waals surface area contributed by atoms with E-state index in [0.717, 1.165) is 19.6 Å². The van der Waals surface area contributed by atoms with Crippen molar-refractivity contribution in [3.63, 3.8) is 0 Å². The Morgan fingerprint density at radius 3 is 2.73 bits per heavy atom. The lowest BCUT2D eigenvalue weighted by molar-refractivity contribution is 0.0452. The lowest BCUT2D eigenvalue weighted by Crippen LogP contribution is -2.34. The minimum Gasteiger partial charge on any atom is -0.379 e. The van der Waals surface area contributed by atoms with Crippen LogP contribution in [0.15, 0.2) is 24.3 Å². The van der Waals surface area contributed by atoms with Gasteiger partial charge < -0.3 is 10.5 Å². The molecule has 1 fully saturated rings. The maximum absolute atomic E-state index is 6.26. The van der Waals surface area contributed by atoms with Gasteiger partial charge in [0.25, 0.3) is 0 Å². The Bertz CT molecular complexity index is 364. The van der Waals surface area contributed by atoms with Gasteiger partial charge in [-0.2, -0.15) is 0 Å². The fourth-order valence-corrected chi connectivity index (χ4v) is 3.70. The second-order valence-electron chi connectivity index (χ2n) is 4.26. The van der Waals surface area contributed by atoms with E-state index >= 15 is 0 Å². The highest BCUT2D eigenvalue weighted by Crippen LogP contribution is 2.39. The molecule has 2 aliphatic rings. The zero-order valence-corrected chi connectivity index (χ0v) is 9.37. The zero-order chi connectivity index (χ0) is 10.3. The molecule has 3 heteroatoms. The molecular formula is C12H15NOS. The molecule has 0 spiro atoms. The van der Waals surface area contributed by atoms with Crippen LogP contribution in [0.5, 0.6) is 0 Å². The largest absolute Gasteiger partial charge is 0.379 e. The molecule has 0 radical (unpaired) electrons. The van der Waals surface area contributed by atoms with Gasteiger partial charge >= 0.3 is 0 Å². The summed E-state index contributed by atoms with van der Waals surface area (Å²) in [6.45, 7) is 1.81. The van der Waals surface area contributed by atoms with Crippen LogP contribution >= 0.6 is 11.8 Å². The van der Waals surface area contributed by atoms with E-state index in [1.165, 1.54) is 11.1 Å². The Morgan fingerprint density at radius 1 is 1.27 bits per heavy atom. The minimum atomic E-state index is 0.215. The second kappa shape index (κ2) is 3.81. The van der Waals surface area contributed by atoms with Crippen molar-refractivity contribution in [1.29, 1.82) is 0 Å². The maximum atomic E-state index is 6.26. The summed E-state index contributed by atoms with van der Waals surface area (Å²) < 4.78 is 5.20. The topological polar surface area (TPSA) is 35.2 Å². The second-order valence-corrected chi connectivity index (χ2v) is 5.81. The van der Waals surface area contributed by atoms with Gasteiger partial charge in [0.2, 0.25) is 0 Å². The first-order valence-electron chi connectivity index (χ1n) is 5.41. The van der Waals surface area contributed by atoms with Crippen LogP contribution in [-0.4, -0.2) is 23.7 Å². The lowest BCUT2D eigenvalue weighted by atomic mass is 10.1. The molecule has 2 N–H and O–H groups in total. The molecule has 3 rings (SSSR count). The normalized spacial score (nSPS) is 29.9. The molecule has 1 aliphatic heterocycles. The summed E-state index contributed by atoms with van der Waals surface area (Å²) in [5, 5.41) is 1.23. The van der Waals surface area contributed by atoms with Gasteiger partial charge in [-0.05, 0) is 17.5 Å². The maximum Gasteiger partial charge on any atom is 0.0608 e. The fourth-order valence-electron chi connectivity index (χ4n) is 2.26. The van der Waals surface area contributed by atoms with Gasteiger partial charge in [0, 0.05) is 11.3 Å². The number of thioether (sulfide) groups is 1. The average Bonchev–Trinajstić information content (AvgIpc) is 2.51. The van der Waals surface area contributed by atoms with Gasteiger partial charge in [0.05, 0.1) is 18.5 Å². The van der Waals surface area contributed by atoms with Crippen molar-refractivity contribution in [3.8, 4) is 0 Å². The Balaban J connectivity index is 1.74. The lowest BCUT2D eigenvalue weighted by Gasteiger charge is -2.29. The smallest absolute Gasteiger partial charge is 0.0608 e. The minimum absolute atomic E-state index is 0.215. The Hall–Kier alpha value is -0.510. The molecule has 0 saturated carbocycles. The van der Waals surface area contributed by atoms with E-state index in [1.807, 2.05) is 11.8 Å². The van der Waals surface area contributed by atoms with E-state index in [4.69, 9.17) is 10.5 Å². The summed E-state index contributed by atoms with van der Waals surface area (Å²) in [4.78, 5) is 0. The molecule has 0 aromatic heterocycles. The van der Waals surface area contributed by atoms with Crippen LogP contribution in [0.25, 0.3) is 0 Å². The summed E-state index contributed by atoms with van der Waals surface area (Å²) >= 11 is 2.01. The van der Waals surface area contributed by atoms with Crippen molar-refractivity contribution in [2.75, 3.05) is 13.2 Å². The van der Waals surface area contributed by atoms with Gasteiger partial charge in [-0.15, -0.1) is 11.8 Å². The highest BCUT2D eigenvalue weighted by atomic mass is 32.2. The van der Waals surface area contributed by atoms with Crippen LogP contribution in [-0.2, 0) is 11.2 Å². The van der Waals surface area contributed by atoms with Gasteiger partial charge in [-0.25, -0.2) is 0 Å². The van der Waals surface area contributed by atoms with Gasteiger partial charge in [-0.1, -0.05) is 24.3 Å². The Labute approximate surface area is 94.2 Å². The van der Waals surface area contributed by atoms with Crippen molar-refractivity contribution in [3.05, 3.63) is 35.4 Å². The summed E-state index contributed by atoms with van der Waals surface area (Å²) in [5.74, 6) is 0. The van der Waals surface area contributed by atoms with Gasteiger partial charge in [-0.3, -0.25) is 0 Å². The molecule has 80 valence electrons. The third-order valence-electron chi connectivity index (χ3n) is 3.21. The number of rotatable bonds is 2. The highest BCUT2D eigenvalue weighted by Gasteiger charge is 2.33. The van der Waals surface area contributed by atoms with E-state index in [0.29, 0.717) is 10.5 Å². The van der Waals surface area contributed by atoms with Crippen LogP contribution < -0.4 is 5.73 Å². The first-order chi connectivity index (χ1) is 7.34. The highest BCUT2D eigenvalue weighted by molar-refractivity contribution is 8.00. The first kappa shape index (κ1) is 9.70. The molecule has 0 amide bonds. The fraction of sp³-hybridized carbons (Fsp3) is 0.500. The quantitative estimate of drug-likeness (QED) is 0.826. The van der Waals surface area contributed by atoms with Crippen LogP contribution in [0.1, 0.15) is 17.2 Å². The van der Waals surface area contributed by atoms with E-state index < -0.39 is 0 Å². The predicted octanol–water partition coefficient (Wildman–Crippen LogP) is 1.74. The Kier molecular flexibility index (Phi) is 2.47. The van der Waals surface area contributed by atoms with E-state index in [9.17, 15) is 0 Å². The molecule has 2 atom stereocenters. The molecule has 1 aromatic carbocycles. The molecule has 1 heterocycles. The molecule has 2 unspecified atom stereocenters. The van der Waals surface area contributed by atoms with Crippen LogP contribution in [0.4, 0.5) is 0 Å². The molecule has 0 bridgehead atoms. The number of benzene rings is 1. The SMILES string of the molecule is NC1c2ccccc2CC1SC1COC1.